The quantitative estimate of drug-likeness (QED) is 0.150. The lowest BCUT2D eigenvalue weighted by Crippen LogP contribution is -2.60. The van der Waals surface area contributed by atoms with Gasteiger partial charge in [-0.3, -0.25) is 24.7 Å². The number of morpholine rings is 1. The zero-order valence-electron chi connectivity index (χ0n) is 29.3. The molecular weight excluding hydrogens is 647 g/mol. The van der Waals surface area contributed by atoms with E-state index in [1.165, 1.54) is 23.3 Å². The van der Waals surface area contributed by atoms with Gasteiger partial charge in [-0.25, -0.2) is 14.2 Å². The SMILES string of the molecule is CC(=O)O.CC(=O)O.CC(C)C1CN(C(=O)Nc2cccc(F)c2)CCN1C(=Nc1cccc2c1CCN(CCN1CCOCC1)C2)NC#N. The molecule has 0 spiro atoms. The molecule has 50 heavy (non-hydrogen) atoms. The van der Waals surface area contributed by atoms with Gasteiger partial charge in [0.25, 0.3) is 11.9 Å². The van der Waals surface area contributed by atoms with E-state index in [9.17, 15) is 14.4 Å². The summed E-state index contributed by atoms with van der Waals surface area (Å²) in [5.41, 5.74) is 3.81. The maximum atomic E-state index is 13.6. The minimum absolute atomic E-state index is 0.0631. The van der Waals surface area contributed by atoms with Gasteiger partial charge in [-0.1, -0.05) is 32.0 Å². The van der Waals surface area contributed by atoms with Crippen molar-refractivity contribution in [2.24, 2.45) is 10.9 Å². The van der Waals surface area contributed by atoms with Crippen LogP contribution in [-0.2, 0) is 27.3 Å². The number of fused-ring (bicyclic) bond motifs is 1. The number of rotatable bonds is 6. The van der Waals surface area contributed by atoms with Crippen LogP contribution >= 0.6 is 0 Å². The summed E-state index contributed by atoms with van der Waals surface area (Å²) in [6.45, 7) is 15.4. The first-order valence-corrected chi connectivity index (χ1v) is 16.7. The van der Waals surface area contributed by atoms with Gasteiger partial charge in [-0.2, -0.15) is 5.26 Å². The number of urea groups is 1. The van der Waals surface area contributed by atoms with Crippen molar-refractivity contribution < 1.29 is 33.7 Å². The summed E-state index contributed by atoms with van der Waals surface area (Å²) in [7, 11) is 0. The van der Waals surface area contributed by atoms with Crippen molar-refractivity contribution >= 4 is 35.3 Å². The van der Waals surface area contributed by atoms with Gasteiger partial charge in [-0.05, 0) is 47.7 Å². The van der Waals surface area contributed by atoms with Crippen LogP contribution in [0.4, 0.5) is 20.6 Å². The maximum Gasteiger partial charge on any atom is 0.321 e. The second-order valence-corrected chi connectivity index (χ2v) is 12.5. The van der Waals surface area contributed by atoms with Crippen molar-refractivity contribution in [2.75, 3.05) is 70.9 Å². The number of nitriles is 1. The topological polar surface area (TPSA) is 174 Å². The number of halogens is 1. The lowest BCUT2D eigenvalue weighted by molar-refractivity contribution is -0.135. The first-order chi connectivity index (χ1) is 23.9. The molecule has 2 saturated heterocycles. The smallest absolute Gasteiger partial charge is 0.321 e. The molecule has 0 aromatic heterocycles. The fraction of sp³-hybridized carbons (Fsp3) is 0.514. The number of nitrogens with zero attached hydrogens (tertiary/aromatic N) is 6. The number of nitrogens with one attached hydrogen (secondary N) is 2. The molecule has 2 aromatic rings. The number of carboxylic acid groups (broad SMARTS) is 2. The van der Waals surface area contributed by atoms with Crippen LogP contribution in [0, 0.1) is 23.2 Å². The Hall–Kier alpha value is -4.78. The van der Waals surface area contributed by atoms with Crippen LogP contribution in [0.5, 0.6) is 0 Å². The average molecular weight is 697 g/mol. The Balaban J connectivity index is 0.000000764. The maximum absolute atomic E-state index is 13.6. The number of piperazine rings is 1. The van der Waals surface area contributed by atoms with Gasteiger partial charge in [0.15, 0.2) is 6.19 Å². The van der Waals surface area contributed by atoms with E-state index in [0.29, 0.717) is 31.3 Å². The molecule has 3 aliphatic rings. The third-order valence-electron chi connectivity index (χ3n) is 8.37. The Morgan fingerprint density at radius 3 is 2.30 bits per heavy atom. The van der Waals surface area contributed by atoms with Gasteiger partial charge < -0.3 is 30.1 Å². The van der Waals surface area contributed by atoms with Gasteiger partial charge in [0.05, 0.1) is 24.9 Å². The largest absolute Gasteiger partial charge is 0.481 e. The second kappa shape index (κ2) is 20.0. The number of ether oxygens (including phenoxy) is 1. The number of carboxylic acids is 2. The number of anilines is 1. The van der Waals surface area contributed by atoms with Crippen LogP contribution in [0.15, 0.2) is 47.5 Å². The van der Waals surface area contributed by atoms with E-state index in [4.69, 9.17) is 29.5 Å². The third kappa shape index (κ3) is 12.9. The highest BCUT2D eigenvalue weighted by Gasteiger charge is 2.34. The third-order valence-corrected chi connectivity index (χ3v) is 8.37. The molecule has 2 amide bonds. The fourth-order valence-corrected chi connectivity index (χ4v) is 5.98. The summed E-state index contributed by atoms with van der Waals surface area (Å²) >= 11 is 0. The summed E-state index contributed by atoms with van der Waals surface area (Å²) in [5, 5.41) is 30.1. The molecule has 14 nitrogen and oxygen atoms in total. The molecule has 1 atom stereocenters. The van der Waals surface area contributed by atoms with Crippen molar-refractivity contribution in [3.05, 3.63) is 59.4 Å². The van der Waals surface area contributed by atoms with Gasteiger partial charge >= 0.3 is 6.03 Å². The number of carbonyl (C=O) groups excluding carboxylic acids is 1. The zero-order valence-corrected chi connectivity index (χ0v) is 29.3. The second-order valence-electron chi connectivity index (χ2n) is 12.5. The molecule has 0 radical (unpaired) electrons. The van der Waals surface area contributed by atoms with E-state index in [1.54, 1.807) is 17.0 Å². The van der Waals surface area contributed by atoms with E-state index in [2.05, 4.69) is 51.4 Å². The molecule has 0 saturated carbocycles. The van der Waals surface area contributed by atoms with Gasteiger partial charge in [0, 0.05) is 78.4 Å². The Kier molecular flexibility index (Phi) is 15.9. The Morgan fingerprint density at radius 2 is 1.66 bits per heavy atom. The number of amides is 2. The van der Waals surface area contributed by atoms with Crippen LogP contribution in [0.1, 0.15) is 38.8 Å². The normalized spacial score (nSPS) is 18.0. The van der Waals surface area contributed by atoms with Crippen molar-refractivity contribution in [3.8, 4) is 6.19 Å². The first kappa shape index (κ1) is 39.7. The van der Waals surface area contributed by atoms with Crippen molar-refractivity contribution in [1.29, 1.82) is 5.26 Å². The molecular formula is C35H49FN8O6. The molecule has 0 bridgehead atoms. The molecule has 15 heteroatoms. The van der Waals surface area contributed by atoms with E-state index < -0.39 is 17.8 Å². The molecule has 3 aliphatic heterocycles. The van der Waals surface area contributed by atoms with Gasteiger partial charge in [0.2, 0.25) is 5.96 Å². The minimum atomic E-state index is -0.833. The number of guanidine groups is 1. The number of hydrogen-bond donors (Lipinski definition) is 4. The zero-order chi connectivity index (χ0) is 36.6. The monoisotopic (exact) mass is 696 g/mol. The minimum Gasteiger partial charge on any atom is -0.481 e. The van der Waals surface area contributed by atoms with Crippen molar-refractivity contribution in [3.63, 3.8) is 0 Å². The lowest BCUT2D eigenvalue weighted by Gasteiger charge is -2.44. The number of carbonyl (C=O) groups is 3. The predicted molar refractivity (Wildman–Crippen MR) is 187 cm³/mol. The molecule has 2 aromatic carbocycles. The Bertz CT molecular complexity index is 1490. The van der Waals surface area contributed by atoms with E-state index in [1.807, 2.05) is 12.1 Å². The highest BCUT2D eigenvalue weighted by atomic mass is 19.1. The molecule has 2 fully saturated rings. The fourth-order valence-electron chi connectivity index (χ4n) is 5.98. The van der Waals surface area contributed by atoms with Crippen LogP contribution in [0.3, 0.4) is 0 Å². The van der Waals surface area contributed by atoms with E-state index >= 15 is 0 Å². The predicted octanol–water partition coefficient (Wildman–Crippen LogP) is 3.63. The number of hydrogen-bond acceptors (Lipinski definition) is 8. The van der Waals surface area contributed by atoms with E-state index in [0.717, 1.165) is 78.4 Å². The Morgan fingerprint density at radius 1 is 1.00 bits per heavy atom. The van der Waals surface area contributed by atoms with Crippen molar-refractivity contribution in [2.45, 2.75) is 46.7 Å². The first-order valence-electron chi connectivity index (χ1n) is 16.7. The van der Waals surface area contributed by atoms with Crippen LogP contribution in [0.25, 0.3) is 0 Å². The van der Waals surface area contributed by atoms with Gasteiger partial charge in [0.1, 0.15) is 5.82 Å². The molecule has 5 rings (SSSR count). The summed E-state index contributed by atoms with van der Waals surface area (Å²) in [6, 6.07) is 11.8. The Labute approximate surface area is 293 Å². The number of aliphatic imine (C=N–C) groups is 1. The summed E-state index contributed by atoms with van der Waals surface area (Å²) in [6.07, 6.45) is 2.98. The van der Waals surface area contributed by atoms with E-state index in [-0.39, 0.29) is 18.0 Å². The highest BCUT2D eigenvalue weighted by molar-refractivity contribution is 5.90. The van der Waals surface area contributed by atoms with Gasteiger partial charge in [-0.15, -0.1) is 0 Å². The summed E-state index contributed by atoms with van der Waals surface area (Å²) < 4.78 is 19.1. The standard InChI is InChI=1S/C31H41FN8O2.2C2H4O2/c1-23(2)29-21-39(31(41)35-26-7-4-6-25(32)19-26)13-14-40(29)30(34-22-33)36-28-8-3-5-24-20-38(10-9-27(24)28)12-11-37-15-17-42-18-16-37;2*1-2(3)4/h3-8,19,23,29H,9-18,20-21H2,1-2H3,(H,34,36)(H,35,41);2*1H3,(H,3,4). The summed E-state index contributed by atoms with van der Waals surface area (Å²) in [5.74, 6) is -1.38. The average Bonchev–Trinajstić information content (AvgIpc) is 3.07. The number of aliphatic carboxylic acids is 2. The van der Waals surface area contributed by atoms with Crippen LogP contribution < -0.4 is 10.6 Å². The highest BCUT2D eigenvalue weighted by Crippen LogP contribution is 2.29. The van der Waals surface area contributed by atoms with Crippen LogP contribution in [-0.4, -0.2) is 125 Å². The molecule has 272 valence electrons. The van der Waals surface area contributed by atoms with Crippen molar-refractivity contribution in [1.82, 2.24) is 24.9 Å². The molecule has 0 aliphatic carbocycles. The lowest BCUT2D eigenvalue weighted by atomic mass is 9.97. The number of benzene rings is 2. The molecule has 3 heterocycles. The van der Waals surface area contributed by atoms with Crippen LogP contribution in [0.2, 0.25) is 0 Å². The molecule has 1 unspecified atom stereocenters. The summed E-state index contributed by atoms with van der Waals surface area (Å²) in [4.78, 5) is 44.9. The molecule has 4 N–H and O–H groups in total.